The van der Waals surface area contributed by atoms with Gasteiger partial charge in [-0.25, -0.2) is 4.79 Å². The number of halogens is 1. The molecule has 1 unspecified atom stereocenters. The number of para-hydroxylation sites is 1. The van der Waals surface area contributed by atoms with E-state index >= 15 is 0 Å². The number of aryl methyl sites for hydroxylation is 1. The van der Waals surface area contributed by atoms with Gasteiger partial charge in [-0.15, -0.1) is 12.4 Å². The van der Waals surface area contributed by atoms with Crippen LogP contribution in [0.5, 0.6) is 11.5 Å². The molecule has 3 aromatic rings. The summed E-state index contributed by atoms with van der Waals surface area (Å²) in [4.78, 5) is 14.2. The maximum atomic E-state index is 11.9. The first-order valence-electron chi connectivity index (χ1n) is 14.6. The van der Waals surface area contributed by atoms with Gasteiger partial charge in [-0.3, -0.25) is 0 Å². The number of carboxylic acid groups (broad SMARTS) is 1. The van der Waals surface area contributed by atoms with Gasteiger partial charge in [0.05, 0.1) is 0 Å². The Morgan fingerprint density at radius 3 is 2.23 bits per heavy atom. The largest absolute Gasteiger partial charge is 0.492 e. The first-order valence-corrected chi connectivity index (χ1v) is 15.1. The van der Waals surface area contributed by atoms with Crippen LogP contribution in [0.25, 0.3) is 0 Å². The molecule has 1 heterocycles. The van der Waals surface area contributed by atoms with E-state index in [4.69, 9.17) is 21.7 Å². The Morgan fingerprint density at radius 1 is 1.00 bits per heavy atom. The molecular weight excluding hydrogens is 582 g/mol. The topological polar surface area (TPSA) is 83.1 Å². The Morgan fingerprint density at radius 2 is 1.63 bits per heavy atom. The minimum absolute atomic E-state index is 0. The lowest BCUT2D eigenvalue weighted by Crippen LogP contribution is -2.38. The minimum Gasteiger partial charge on any atom is -0.492 e. The molecule has 0 amide bonds. The summed E-state index contributed by atoms with van der Waals surface area (Å²) in [6.45, 7) is 11.8. The maximum Gasteiger partial charge on any atom is 0.345 e. The number of benzene rings is 3. The second-order valence-electron chi connectivity index (χ2n) is 12.4. The van der Waals surface area contributed by atoms with Gasteiger partial charge in [0.2, 0.25) is 0 Å². The average molecular weight is 624 g/mol. The summed E-state index contributed by atoms with van der Waals surface area (Å²) < 4.78 is 11.7. The van der Waals surface area contributed by atoms with Crippen molar-refractivity contribution in [1.82, 2.24) is 10.2 Å². The van der Waals surface area contributed by atoms with Crippen LogP contribution in [0.1, 0.15) is 37.5 Å². The number of hydrogen-bond acceptors (Lipinski definition) is 5. The van der Waals surface area contributed by atoms with Gasteiger partial charge in [0.1, 0.15) is 18.1 Å². The smallest absolute Gasteiger partial charge is 0.345 e. The van der Waals surface area contributed by atoms with E-state index in [0.717, 1.165) is 41.7 Å². The third kappa shape index (κ3) is 8.40. The molecule has 5 rings (SSSR count). The number of hydrogen-bond donors (Lipinski definition) is 3. The highest BCUT2D eigenvalue weighted by atomic mass is 35.5. The average Bonchev–Trinajstić information content (AvgIpc) is 3.39. The number of nitrogens with one attached hydrogen (secondary N) is 2. The van der Waals surface area contributed by atoms with Crippen LogP contribution in [0.2, 0.25) is 0 Å². The molecule has 4 atom stereocenters. The van der Waals surface area contributed by atoms with Crippen molar-refractivity contribution >= 4 is 41.4 Å². The van der Waals surface area contributed by atoms with Gasteiger partial charge in [0.25, 0.3) is 0 Å². The lowest BCUT2D eigenvalue weighted by molar-refractivity contribution is -0.145. The molecule has 230 valence electrons. The van der Waals surface area contributed by atoms with Crippen LogP contribution in [0.15, 0.2) is 72.8 Å². The molecule has 0 radical (unpaired) electrons. The molecule has 1 saturated carbocycles. The number of rotatable bonds is 11. The summed E-state index contributed by atoms with van der Waals surface area (Å²) in [5.74, 6) is 1.58. The van der Waals surface area contributed by atoms with Crippen LogP contribution in [0.4, 0.5) is 5.69 Å². The van der Waals surface area contributed by atoms with Gasteiger partial charge >= 0.3 is 5.97 Å². The molecular formula is C34H42ClN3O4S. The van der Waals surface area contributed by atoms with Crippen LogP contribution in [0.3, 0.4) is 0 Å². The molecule has 9 heteroatoms. The second-order valence-corrected chi connectivity index (χ2v) is 12.8. The molecule has 3 aromatic carbocycles. The number of anilines is 1. The Balaban J connectivity index is 0.00000423. The van der Waals surface area contributed by atoms with E-state index in [9.17, 15) is 9.90 Å². The van der Waals surface area contributed by atoms with Crippen molar-refractivity contribution in [3.63, 3.8) is 0 Å². The number of carboxylic acids is 1. The van der Waals surface area contributed by atoms with E-state index in [-0.39, 0.29) is 24.2 Å². The van der Waals surface area contributed by atoms with Crippen molar-refractivity contribution < 1.29 is 19.4 Å². The zero-order valence-electron chi connectivity index (χ0n) is 25.2. The third-order valence-corrected chi connectivity index (χ3v) is 8.60. The highest BCUT2D eigenvalue weighted by Crippen LogP contribution is 2.45. The monoisotopic (exact) mass is 623 g/mol. The van der Waals surface area contributed by atoms with Crippen molar-refractivity contribution in [2.45, 2.75) is 51.7 Å². The number of nitrogens with zero attached hydrogens (tertiary/aromatic N) is 1. The third-order valence-electron chi connectivity index (χ3n) is 8.24. The molecule has 3 N–H and O–H groups in total. The molecule has 43 heavy (non-hydrogen) atoms. The Bertz CT molecular complexity index is 1380. The summed E-state index contributed by atoms with van der Waals surface area (Å²) in [5.41, 5.74) is 4.34. The van der Waals surface area contributed by atoms with Crippen LogP contribution in [-0.4, -0.2) is 59.5 Å². The Labute approximate surface area is 266 Å². The summed E-state index contributed by atoms with van der Waals surface area (Å²) in [5, 5.41) is 17.6. The predicted octanol–water partition coefficient (Wildman–Crippen LogP) is 6.08. The second kappa shape index (κ2) is 14.0. The van der Waals surface area contributed by atoms with E-state index in [2.05, 4.69) is 55.4 Å². The number of fused-ring (bicyclic) bond motifs is 1. The van der Waals surface area contributed by atoms with Crippen LogP contribution in [-0.2, 0) is 16.6 Å². The number of thiocarbonyl (C=S) groups is 1. The van der Waals surface area contributed by atoms with Crippen molar-refractivity contribution in [1.29, 1.82) is 0 Å². The fraction of sp³-hybridized carbons (Fsp3) is 0.412. The quantitative estimate of drug-likeness (QED) is 0.175. The SMILES string of the molecule is Cc1ccccc1NC(=S)N1CC2[C@H](C1)[C@H]2NCCOc1ccc(C[C@H](Oc2ccc(C(C)(C)C)cc2)C(=O)O)cc1.Cl. The lowest BCUT2D eigenvalue weighted by atomic mass is 9.87. The first kappa shape index (κ1) is 32.6. The van der Waals surface area contributed by atoms with Gasteiger partial charge in [0, 0.05) is 37.8 Å². The summed E-state index contributed by atoms with van der Waals surface area (Å²) in [7, 11) is 0. The Hall–Kier alpha value is -3.33. The van der Waals surface area contributed by atoms with Crippen LogP contribution >= 0.6 is 24.6 Å². The number of piperidine rings is 1. The molecule has 0 aromatic heterocycles. The molecule has 1 saturated heterocycles. The molecule has 2 fully saturated rings. The zero-order chi connectivity index (χ0) is 29.9. The van der Waals surface area contributed by atoms with Crippen LogP contribution in [0, 0.1) is 18.8 Å². The maximum absolute atomic E-state index is 11.9. The normalized spacial score (nSPS) is 19.5. The molecule has 0 spiro atoms. The number of carbonyl (C=O) groups is 1. The fourth-order valence-corrected chi connectivity index (χ4v) is 5.87. The Kier molecular flexibility index (Phi) is 10.6. The van der Waals surface area contributed by atoms with Gasteiger partial charge in [-0.05, 0) is 83.4 Å². The number of likely N-dealkylation sites (tertiary alicyclic amines) is 1. The van der Waals surface area contributed by atoms with E-state index in [1.54, 1.807) is 0 Å². The summed E-state index contributed by atoms with van der Waals surface area (Å²) in [6.07, 6.45) is -0.702. The highest BCUT2D eigenvalue weighted by molar-refractivity contribution is 7.80. The van der Waals surface area contributed by atoms with Crippen molar-refractivity contribution in [3.8, 4) is 11.5 Å². The number of ether oxygens (including phenoxy) is 2. The van der Waals surface area contributed by atoms with Gasteiger partial charge in [0.15, 0.2) is 11.2 Å². The summed E-state index contributed by atoms with van der Waals surface area (Å²) in [6, 6.07) is 23.9. The van der Waals surface area contributed by atoms with Crippen molar-refractivity contribution in [2.24, 2.45) is 11.8 Å². The number of aliphatic carboxylic acids is 1. The standard InChI is InChI=1S/C34H41N3O4S.ClH/c1-22-7-5-6-8-29(22)36-33(42)37-20-27-28(21-37)31(27)35-17-18-40-25-13-9-23(10-14-25)19-30(32(38)39)41-26-15-11-24(12-16-26)34(2,3)4;/h5-16,27-28,30-31,35H,17-21H2,1-4H3,(H,36,42)(H,38,39);1H/t27-,28?,30-,31+;/m0./s1. The van der Waals surface area contributed by atoms with Gasteiger partial charge < -0.3 is 30.1 Å². The molecule has 0 bridgehead atoms. The molecule has 2 aliphatic rings. The highest BCUT2D eigenvalue weighted by Gasteiger charge is 2.55. The predicted molar refractivity (Wildman–Crippen MR) is 178 cm³/mol. The van der Waals surface area contributed by atoms with Gasteiger partial charge in [-0.1, -0.05) is 63.2 Å². The van der Waals surface area contributed by atoms with Gasteiger partial charge in [-0.2, -0.15) is 0 Å². The van der Waals surface area contributed by atoms with Crippen molar-refractivity contribution in [2.75, 3.05) is 31.6 Å². The molecule has 1 aliphatic carbocycles. The lowest BCUT2D eigenvalue weighted by Gasteiger charge is -2.24. The minimum atomic E-state index is -0.987. The molecule has 1 aliphatic heterocycles. The van der Waals surface area contributed by atoms with E-state index in [0.29, 0.717) is 30.2 Å². The zero-order valence-corrected chi connectivity index (χ0v) is 26.8. The summed E-state index contributed by atoms with van der Waals surface area (Å²) >= 11 is 5.66. The van der Waals surface area contributed by atoms with E-state index in [1.807, 2.05) is 60.7 Å². The fourth-order valence-electron chi connectivity index (χ4n) is 5.61. The first-order chi connectivity index (χ1) is 20.1. The van der Waals surface area contributed by atoms with Crippen LogP contribution < -0.4 is 20.1 Å². The molecule has 7 nitrogen and oxygen atoms in total. The van der Waals surface area contributed by atoms with Crippen molar-refractivity contribution in [3.05, 3.63) is 89.5 Å². The van der Waals surface area contributed by atoms with E-state index in [1.165, 1.54) is 11.1 Å². The van der Waals surface area contributed by atoms with E-state index < -0.39 is 12.1 Å².